The second-order valence-electron chi connectivity index (χ2n) is 2.26. The van der Waals surface area contributed by atoms with E-state index >= 15 is 0 Å². The molecule has 0 aliphatic heterocycles. The maximum Gasteiger partial charge on any atom is 0.0123 e. The molecule has 0 fully saturated rings. The summed E-state index contributed by atoms with van der Waals surface area (Å²) < 4.78 is 1.31. The molecule has 1 unspecified atom stereocenters. The molecule has 0 aromatic rings. The molecule has 0 aliphatic carbocycles. The Labute approximate surface area is 85.8 Å². The van der Waals surface area contributed by atoms with Gasteiger partial charge in [-0.2, -0.15) is 0 Å². The Balaban J connectivity index is 2.97. The van der Waals surface area contributed by atoms with E-state index in [0.29, 0.717) is 0 Å². The molecule has 10 heavy (non-hydrogen) atoms. The number of unbranched alkanes of at least 4 members (excludes halogenated alkanes) is 1. The highest BCUT2D eigenvalue weighted by Gasteiger charge is 1.99. The second kappa shape index (κ2) is 8.53. The Kier molecular flexibility index (Phi) is 9.75. The van der Waals surface area contributed by atoms with Gasteiger partial charge in [0.05, 0.1) is 0 Å². The fourth-order valence-corrected chi connectivity index (χ4v) is 3.14. The van der Waals surface area contributed by atoms with Gasteiger partial charge in [-0.3, -0.25) is 0 Å². The Morgan fingerprint density at radius 3 is 2.60 bits per heavy atom. The van der Waals surface area contributed by atoms with Crippen molar-refractivity contribution in [2.75, 3.05) is 10.7 Å². The molecule has 1 atom stereocenters. The molecular formula is C7H15IS2. The fraction of sp³-hybridized carbons (Fsp3) is 1.00. The molecule has 0 spiro atoms. The number of rotatable bonds is 6. The van der Waals surface area contributed by atoms with Crippen LogP contribution in [0.5, 0.6) is 0 Å². The number of hydrogen-bond acceptors (Lipinski definition) is 2. The van der Waals surface area contributed by atoms with Crippen molar-refractivity contribution in [1.82, 2.24) is 0 Å². The van der Waals surface area contributed by atoms with Crippen LogP contribution in [0.15, 0.2) is 0 Å². The predicted octanol–water partition coefficient (Wildman–Crippen LogP) is 3.99. The Bertz CT molecular complexity index is 68.6. The minimum Gasteiger partial charge on any atom is -0.0973 e. The molecule has 0 rings (SSSR count). The van der Waals surface area contributed by atoms with Crippen LogP contribution >= 0.6 is 44.2 Å². The van der Waals surface area contributed by atoms with Crippen LogP contribution in [0.4, 0.5) is 0 Å². The van der Waals surface area contributed by atoms with Gasteiger partial charge in [0.1, 0.15) is 0 Å². The van der Waals surface area contributed by atoms with E-state index in [9.17, 15) is 0 Å². The third kappa shape index (κ3) is 7.54. The quantitative estimate of drug-likeness (QED) is 0.314. The van der Waals surface area contributed by atoms with Crippen LogP contribution in [-0.2, 0) is 0 Å². The van der Waals surface area contributed by atoms with E-state index in [1.165, 1.54) is 23.7 Å². The highest BCUT2D eigenvalue weighted by atomic mass is 127. The molecule has 0 aromatic carbocycles. The second-order valence-corrected chi connectivity index (χ2v) is 6.24. The molecule has 0 aliphatic rings. The van der Waals surface area contributed by atoms with E-state index in [1.54, 1.807) is 0 Å². The summed E-state index contributed by atoms with van der Waals surface area (Å²) in [5.41, 5.74) is 0. The molecule has 0 aromatic heterocycles. The Morgan fingerprint density at radius 2 is 2.10 bits per heavy atom. The van der Waals surface area contributed by atoms with Crippen LogP contribution in [0.2, 0.25) is 0 Å². The normalized spacial score (nSPS) is 13.5. The van der Waals surface area contributed by atoms with Crippen LogP contribution in [0, 0.1) is 0 Å². The maximum absolute atomic E-state index is 2.44. The summed E-state index contributed by atoms with van der Waals surface area (Å²) in [5.74, 6) is 0. The van der Waals surface area contributed by atoms with E-state index in [0.717, 1.165) is 5.25 Å². The van der Waals surface area contributed by atoms with Crippen molar-refractivity contribution >= 4 is 44.2 Å². The van der Waals surface area contributed by atoms with Gasteiger partial charge in [0.15, 0.2) is 0 Å². The summed E-state index contributed by atoms with van der Waals surface area (Å²) in [6.45, 7) is 2.31. The molecule has 0 saturated carbocycles. The maximum atomic E-state index is 2.44. The molecule has 0 N–H and O–H groups in total. The van der Waals surface area contributed by atoms with Gasteiger partial charge in [0.2, 0.25) is 0 Å². The zero-order valence-corrected chi connectivity index (χ0v) is 10.4. The summed E-state index contributed by atoms with van der Waals surface area (Å²) in [4.78, 5) is 0. The lowest BCUT2D eigenvalue weighted by Crippen LogP contribution is -1.93. The zero-order valence-electron chi connectivity index (χ0n) is 6.60. The minimum absolute atomic E-state index is 0.845. The molecule has 0 heterocycles. The summed E-state index contributed by atoms with van der Waals surface area (Å²) >= 11 is 2.44. The van der Waals surface area contributed by atoms with Crippen LogP contribution in [0.3, 0.4) is 0 Å². The lowest BCUT2D eigenvalue weighted by Gasteiger charge is -2.06. The first kappa shape index (κ1) is 11.4. The standard InChI is InChI=1S/C7H15IS2/c1-7(10-9-2)5-3-4-6-8/h7H,3-6H2,1-2H3. The first-order valence-corrected chi connectivity index (χ1v) is 7.71. The zero-order chi connectivity index (χ0) is 7.82. The topological polar surface area (TPSA) is 0 Å². The van der Waals surface area contributed by atoms with Crippen LogP contribution in [0.1, 0.15) is 26.2 Å². The fourth-order valence-electron chi connectivity index (χ4n) is 0.739. The molecule has 0 saturated heterocycles. The Hall–Kier alpha value is 1.43. The van der Waals surface area contributed by atoms with Crippen molar-refractivity contribution in [2.45, 2.75) is 31.4 Å². The van der Waals surface area contributed by atoms with Gasteiger partial charge in [-0.05, 0) is 23.5 Å². The van der Waals surface area contributed by atoms with Crippen molar-refractivity contribution in [3.63, 3.8) is 0 Å². The van der Waals surface area contributed by atoms with Crippen molar-refractivity contribution in [3.8, 4) is 0 Å². The van der Waals surface area contributed by atoms with E-state index in [2.05, 4.69) is 35.8 Å². The monoisotopic (exact) mass is 290 g/mol. The molecule has 0 nitrogen and oxygen atoms in total. The van der Waals surface area contributed by atoms with Crippen LogP contribution in [-0.4, -0.2) is 15.9 Å². The summed E-state index contributed by atoms with van der Waals surface area (Å²) in [6.07, 6.45) is 6.32. The lowest BCUT2D eigenvalue weighted by molar-refractivity contribution is 0.724. The average Bonchev–Trinajstić information content (AvgIpc) is 1.89. The first-order chi connectivity index (χ1) is 4.81. The lowest BCUT2D eigenvalue weighted by atomic mass is 10.2. The smallest absolute Gasteiger partial charge is 0.0123 e. The predicted molar refractivity (Wildman–Crippen MR) is 63.3 cm³/mol. The summed E-state index contributed by atoms with van der Waals surface area (Å²) in [7, 11) is 3.88. The summed E-state index contributed by atoms with van der Waals surface area (Å²) in [5, 5.41) is 0.845. The Morgan fingerprint density at radius 1 is 1.40 bits per heavy atom. The van der Waals surface area contributed by atoms with Crippen molar-refractivity contribution < 1.29 is 0 Å². The van der Waals surface area contributed by atoms with Crippen molar-refractivity contribution in [1.29, 1.82) is 0 Å². The van der Waals surface area contributed by atoms with Gasteiger partial charge in [-0.1, -0.05) is 57.5 Å². The largest absolute Gasteiger partial charge is 0.0973 e. The molecule has 0 amide bonds. The van der Waals surface area contributed by atoms with Gasteiger partial charge in [0, 0.05) is 5.25 Å². The first-order valence-electron chi connectivity index (χ1n) is 3.56. The van der Waals surface area contributed by atoms with Gasteiger partial charge < -0.3 is 0 Å². The van der Waals surface area contributed by atoms with E-state index in [1.807, 2.05) is 21.6 Å². The SMILES string of the molecule is CSSC(C)CCCCI. The molecule has 0 bridgehead atoms. The number of hydrogen-bond donors (Lipinski definition) is 0. The minimum atomic E-state index is 0.845. The van der Waals surface area contributed by atoms with Crippen molar-refractivity contribution in [2.24, 2.45) is 0 Å². The van der Waals surface area contributed by atoms with Gasteiger partial charge in [-0.25, -0.2) is 0 Å². The van der Waals surface area contributed by atoms with Gasteiger partial charge in [-0.15, -0.1) is 0 Å². The van der Waals surface area contributed by atoms with Gasteiger partial charge in [0.25, 0.3) is 0 Å². The third-order valence-electron chi connectivity index (χ3n) is 1.25. The molecule has 0 radical (unpaired) electrons. The summed E-state index contributed by atoms with van der Waals surface area (Å²) in [6, 6.07) is 0. The van der Waals surface area contributed by atoms with E-state index in [-0.39, 0.29) is 0 Å². The number of halogens is 1. The average molecular weight is 290 g/mol. The molecular weight excluding hydrogens is 275 g/mol. The highest BCUT2D eigenvalue weighted by Crippen LogP contribution is 2.26. The van der Waals surface area contributed by atoms with Crippen molar-refractivity contribution in [3.05, 3.63) is 0 Å². The van der Waals surface area contributed by atoms with Gasteiger partial charge >= 0.3 is 0 Å². The van der Waals surface area contributed by atoms with Crippen LogP contribution in [0.25, 0.3) is 0 Å². The molecule has 3 heteroatoms. The van der Waals surface area contributed by atoms with E-state index in [4.69, 9.17) is 0 Å². The third-order valence-corrected chi connectivity index (χ3v) is 4.34. The molecule has 62 valence electrons. The number of alkyl halides is 1. The van der Waals surface area contributed by atoms with E-state index < -0.39 is 0 Å². The van der Waals surface area contributed by atoms with Crippen LogP contribution < -0.4 is 0 Å². The highest BCUT2D eigenvalue weighted by molar-refractivity contribution is 14.1.